The molecule has 1 saturated carbocycles. The van der Waals surface area contributed by atoms with Crippen LogP contribution in [0.25, 0.3) is 0 Å². The van der Waals surface area contributed by atoms with Crippen LogP contribution in [0.1, 0.15) is 25.3 Å². The van der Waals surface area contributed by atoms with Crippen molar-refractivity contribution in [2.45, 2.75) is 35.4 Å². The maximum atomic E-state index is 11.5. The van der Waals surface area contributed by atoms with Gasteiger partial charge in [-0.1, -0.05) is 6.07 Å². The molecule has 16 heavy (non-hydrogen) atoms. The van der Waals surface area contributed by atoms with Crippen molar-refractivity contribution in [2.24, 2.45) is 5.73 Å². The molecule has 0 radical (unpaired) electrons. The number of carbonyl (C=O) groups excluding carboxylic acids is 1. The smallest absolute Gasteiger partial charge is 0.237 e. The molecule has 1 fully saturated rings. The van der Waals surface area contributed by atoms with Crippen LogP contribution < -0.4 is 11.1 Å². The number of rotatable bonds is 1. The second-order valence-corrected chi connectivity index (χ2v) is 6.00. The average molecular weight is 234 g/mol. The largest absolute Gasteiger partial charge is 0.324 e. The molecule has 1 aliphatic carbocycles. The van der Waals surface area contributed by atoms with E-state index >= 15 is 0 Å². The van der Waals surface area contributed by atoms with E-state index in [-0.39, 0.29) is 16.7 Å². The van der Waals surface area contributed by atoms with Gasteiger partial charge in [0, 0.05) is 10.4 Å². The van der Waals surface area contributed by atoms with Crippen molar-refractivity contribution in [3.8, 4) is 0 Å². The highest BCUT2D eigenvalue weighted by molar-refractivity contribution is 8.00. The zero-order chi connectivity index (χ0) is 11.3. The topological polar surface area (TPSA) is 55.1 Å². The number of nitrogens with two attached hydrogens (primary N) is 1. The van der Waals surface area contributed by atoms with Crippen molar-refractivity contribution in [3.63, 3.8) is 0 Å². The van der Waals surface area contributed by atoms with Gasteiger partial charge in [0.05, 0.1) is 10.9 Å². The van der Waals surface area contributed by atoms with E-state index in [1.807, 2.05) is 19.1 Å². The number of amides is 1. The third-order valence-electron chi connectivity index (χ3n) is 3.28. The Morgan fingerprint density at radius 2 is 2.25 bits per heavy atom. The minimum absolute atomic E-state index is 0.0179. The molecule has 3 nitrogen and oxygen atoms in total. The average Bonchev–Trinajstić information content (AvgIpc) is 2.99. The van der Waals surface area contributed by atoms with Gasteiger partial charge in [0.15, 0.2) is 0 Å². The quantitative estimate of drug-likeness (QED) is 0.782. The Morgan fingerprint density at radius 3 is 2.94 bits per heavy atom. The zero-order valence-corrected chi connectivity index (χ0v) is 9.93. The highest BCUT2D eigenvalue weighted by atomic mass is 32.2. The number of hydrogen-bond donors (Lipinski definition) is 2. The summed E-state index contributed by atoms with van der Waals surface area (Å²) in [5.74, 6) is 0.0825. The van der Waals surface area contributed by atoms with E-state index in [0.717, 1.165) is 23.4 Å². The van der Waals surface area contributed by atoms with Crippen LogP contribution in [0, 0.1) is 0 Å². The molecule has 1 amide bonds. The molecule has 2 aliphatic rings. The summed E-state index contributed by atoms with van der Waals surface area (Å²) in [7, 11) is 0. The van der Waals surface area contributed by atoms with Gasteiger partial charge in [0.2, 0.25) is 5.91 Å². The van der Waals surface area contributed by atoms with Crippen molar-refractivity contribution in [1.29, 1.82) is 0 Å². The lowest BCUT2D eigenvalue weighted by molar-refractivity contribution is -0.115. The van der Waals surface area contributed by atoms with Crippen molar-refractivity contribution in [1.82, 2.24) is 0 Å². The molecule has 1 heterocycles. The molecule has 1 aromatic carbocycles. The van der Waals surface area contributed by atoms with Crippen molar-refractivity contribution in [3.05, 3.63) is 23.8 Å². The SMILES string of the molecule is CC1Sc2cc(C3(N)CC3)ccc2NC1=O. The Labute approximate surface area is 98.8 Å². The number of fused-ring (bicyclic) bond motifs is 1. The van der Waals surface area contributed by atoms with Gasteiger partial charge in [0.25, 0.3) is 0 Å². The maximum Gasteiger partial charge on any atom is 0.237 e. The minimum Gasteiger partial charge on any atom is -0.324 e. The van der Waals surface area contributed by atoms with Gasteiger partial charge in [-0.05, 0) is 37.5 Å². The molecule has 0 bridgehead atoms. The van der Waals surface area contributed by atoms with Crippen LogP contribution in [-0.4, -0.2) is 11.2 Å². The molecular weight excluding hydrogens is 220 g/mol. The molecule has 3 N–H and O–H groups in total. The summed E-state index contributed by atoms with van der Waals surface area (Å²) in [4.78, 5) is 12.6. The second-order valence-electron chi connectivity index (χ2n) is 4.62. The molecule has 0 saturated heterocycles. The fourth-order valence-corrected chi connectivity index (χ4v) is 2.92. The van der Waals surface area contributed by atoms with E-state index in [1.165, 1.54) is 5.56 Å². The summed E-state index contributed by atoms with van der Waals surface area (Å²) in [6.07, 6.45) is 2.14. The van der Waals surface area contributed by atoms with Gasteiger partial charge in [-0.2, -0.15) is 0 Å². The summed E-state index contributed by atoms with van der Waals surface area (Å²) in [6, 6.07) is 6.12. The highest BCUT2D eigenvalue weighted by Crippen LogP contribution is 2.45. The van der Waals surface area contributed by atoms with Crippen LogP contribution in [0.2, 0.25) is 0 Å². The number of hydrogen-bond acceptors (Lipinski definition) is 3. The van der Waals surface area contributed by atoms with E-state index in [1.54, 1.807) is 11.8 Å². The predicted molar refractivity (Wildman–Crippen MR) is 65.5 cm³/mol. The Hall–Kier alpha value is -1.00. The molecule has 84 valence electrons. The molecular formula is C12H14N2OS. The number of thioether (sulfide) groups is 1. The van der Waals surface area contributed by atoms with Gasteiger partial charge >= 0.3 is 0 Å². The Balaban J connectivity index is 1.99. The zero-order valence-electron chi connectivity index (χ0n) is 9.12. The molecule has 1 unspecified atom stereocenters. The van der Waals surface area contributed by atoms with Crippen LogP contribution >= 0.6 is 11.8 Å². The van der Waals surface area contributed by atoms with E-state index in [4.69, 9.17) is 5.73 Å². The monoisotopic (exact) mass is 234 g/mol. The standard InChI is InChI=1S/C12H14N2OS/c1-7-11(15)14-9-3-2-8(6-10(9)16-7)12(13)4-5-12/h2-3,6-7H,4-5,13H2,1H3,(H,14,15). The predicted octanol–water partition coefficient (Wildman–Crippen LogP) is 2.07. The van der Waals surface area contributed by atoms with Crippen LogP contribution in [0.5, 0.6) is 0 Å². The van der Waals surface area contributed by atoms with Crippen molar-refractivity contribution >= 4 is 23.4 Å². The van der Waals surface area contributed by atoms with Gasteiger partial charge in [-0.15, -0.1) is 11.8 Å². The Kier molecular flexibility index (Phi) is 2.06. The Morgan fingerprint density at radius 1 is 1.50 bits per heavy atom. The lowest BCUT2D eigenvalue weighted by Gasteiger charge is -2.22. The number of nitrogens with one attached hydrogen (secondary N) is 1. The summed E-state index contributed by atoms with van der Waals surface area (Å²) in [5.41, 5.74) is 8.18. The van der Waals surface area contributed by atoms with Gasteiger partial charge < -0.3 is 11.1 Å². The molecule has 1 aliphatic heterocycles. The first kappa shape index (κ1) is 10.2. The minimum atomic E-state index is -0.0969. The normalized spacial score (nSPS) is 25.9. The van der Waals surface area contributed by atoms with E-state index < -0.39 is 0 Å². The number of carbonyl (C=O) groups is 1. The highest BCUT2D eigenvalue weighted by Gasteiger charge is 2.40. The van der Waals surface area contributed by atoms with Gasteiger partial charge in [-0.3, -0.25) is 4.79 Å². The summed E-state index contributed by atoms with van der Waals surface area (Å²) < 4.78 is 0. The molecule has 3 rings (SSSR count). The third-order valence-corrected chi connectivity index (χ3v) is 4.44. The van der Waals surface area contributed by atoms with E-state index in [2.05, 4.69) is 11.4 Å². The molecule has 4 heteroatoms. The van der Waals surface area contributed by atoms with Crippen LogP contribution in [-0.2, 0) is 10.3 Å². The number of benzene rings is 1. The first-order valence-corrected chi connectivity index (χ1v) is 6.37. The number of anilines is 1. The third kappa shape index (κ3) is 1.53. The Bertz CT molecular complexity index is 468. The fraction of sp³-hybridized carbons (Fsp3) is 0.417. The summed E-state index contributed by atoms with van der Waals surface area (Å²) in [5, 5.41) is 2.89. The summed E-state index contributed by atoms with van der Waals surface area (Å²) >= 11 is 1.61. The van der Waals surface area contributed by atoms with Gasteiger partial charge in [-0.25, -0.2) is 0 Å². The summed E-state index contributed by atoms with van der Waals surface area (Å²) in [6.45, 7) is 1.92. The molecule has 0 spiro atoms. The molecule has 1 atom stereocenters. The van der Waals surface area contributed by atoms with Gasteiger partial charge in [0.1, 0.15) is 0 Å². The van der Waals surface area contributed by atoms with Crippen LogP contribution in [0.4, 0.5) is 5.69 Å². The lowest BCUT2D eigenvalue weighted by atomic mass is 10.1. The van der Waals surface area contributed by atoms with Crippen LogP contribution in [0.15, 0.2) is 23.1 Å². The molecule has 1 aromatic rings. The lowest BCUT2D eigenvalue weighted by Crippen LogP contribution is -2.27. The van der Waals surface area contributed by atoms with Crippen molar-refractivity contribution in [2.75, 3.05) is 5.32 Å². The first-order valence-electron chi connectivity index (χ1n) is 5.49. The fourth-order valence-electron chi connectivity index (χ4n) is 1.93. The van der Waals surface area contributed by atoms with Crippen LogP contribution in [0.3, 0.4) is 0 Å². The second kappa shape index (κ2) is 3.25. The molecule has 0 aromatic heterocycles. The van der Waals surface area contributed by atoms with E-state index in [9.17, 15) is 4.79 Å². The van der Waals surface area contributed by atoms with Crippen molar-refractivity contribution < 1.29 is 4.79 Å². The first-order chi connectivity index (χ1) is 7.58. The maximum absolute atomic E-state index is 11.5. The van der Waals surface area contributed by atoms with E-state index in [0.29, 0.717) is 0 Å².